The van der Waals surface area contributed by atoms with Gasteiger partial charge in [0.1, 0.15) is 17.3 Å². The molecule has 0 atom stereocenters. The molecule has 1 amide bonds. The fourth-order valence-electron chi connectivity index (χ4n) is 2.74. The number of hydrogen-bond acceptors (Lipinski definition) is 5. The number of carbonyl (C=O) groups excluding carboxylic acids is 1. The highest BCUT2D eigenvalue weighted by Crippen LogP contribution is 2.36. The number of alkyl halides is 3. The number of halogens is 4. The Morgan fingerprint density at radius 3 is 2.50 bits per heavy atom. The first-order valence-electron chi connectivity index (χ1n) is 8.42. The minimum absolute atomic E-state index is 0.00736. The third-order valence-electron chi connectivity index (χ3n) is 4.08. The van der Waals surface area contributed by atoms with Crippen molar-refractivity contribution in [2.24, 2.45) is 0 Å². The lowest BCUT2D eigenvalue weighted by Crippen LogP contribution is -2.21. The molecule has 1 N–H and O–H groups in total. The van der Waals surface area contributed by atoms with Gasteiger partial charge in [-0.05, 0) is 12.5 Å². The van der Waals surface area contributed by atoms with Crippen LogP contribution in [0.1, 0.15) is 17.0 Å². The molecule has 30 heavy (non-hydrogen) atoms. The normalized spacial score (nSPS) is 11.5. The second-order valence-corrected chi connectivity index (χ2v) is 6.66. The van der Waals surface area contributed by atoms with Crippen LogP contribution in [0.25, 0.3) is 0 Å². The van der Waals surface area contributed by atoms with Gasteiger partial charge in [0, 0.05) is 6.20 Å². The fourth-order valence-corrected chi connectivity index (χ4v) is 2.94. The summed E-state index contributed by atoms with van der Waals surface area (Å²) in [6.45, 7) is 0.773. The number of amides is 1. The third kappa shape index (κ3) is 4.59. The molecule has 0 aliphatic carbocycles. The van der Waals surface area contributed by atoms with E-state index in [0.717, 1.165) is 12.5 Å². The van der Waals surface area contributed by atoms with Gasteiger partial charge in [0.2, 0.25) is 11.6 Å². The molecule has 0 bridgehead atoms. The maximum absolute atomic E-state index is 13.0. The van der Waals surface area contributed by atoms with Gasteiger partial charge in [-0.25, -0.2) is 0 Å². The quantitative estimate of drug-likeness (QED) is 0.463. The van der Waals surface area contributed by atoms with E-state index in [1.54, 1.807) is 0 Å². The summed E-state index contributed by atoms with van der Waals surface area (Å²) in [4.78, 5) is 22.1. The summed E-state index contributed by atoms with van der Waals surface area (Å²) >= 11 is 6.06. The highest BCUT2D eigenvalue weighted by atomic mass is 35.5. The fraction of sp³-hybridized carbons (Fsp3) is 0.235. The van der Waals surface area contributed by atoms with Gasteiger partial charge in [-0.3, -0.25) is 24.3 Å². The van der Waals surface area contributed by atoms with Crippen LogP contribution in [0.3, 0.4) is 0 Å². The lowest BCUT2D eigenvalue weighted by atomic mass is 10.2. The minimum atomic E-state index is -5.03. The predicted octanol–water partition coefficient (Wildman–Crippen LogP) is 3.66. The largest absolute Gasteiger partial charge is 0.442 e. The molecule has 1 aromatic carbocycles. The van der Waals surface area contributed by atoms with Gasteiger partial charge in [0.25, 0.3) is 0 Å². The topological polar surface area (TPSA) is 108 Å². The molecule has 0 spiro atoms. The molecular weight excluding hydrogens is 429 g/mol. The zero-order valence-electron chi connectivity index (χ0n) is 15.4. The van der Waals surface area contributed by atoms with E-state index in [1.165, 1.54) is 10.9 Å². The third-order valence-corrected chi connectivity index (χ3v) is 4.36. The summed E-state index contributed by atoms with van der Waals surface area (Å²) in [5, 5.41) is 20.8. The average molecular weight is 443 g/mol. The molecule has 158 valence electrons. The monoisotopic (exact) mass is 442 g/mol. The van der Waals surface area contributed by atoms with Crippen molar-refractivity contribution < 1.29 is 22.9 Å². The van der Waals surface area contributed by atoms with Crippen LogP contribution >= 0.6 is 11.6 Å². The maximum atomic E-state index is 13.0. The zero-order chi connectivity index (χ0) is 22.1. The number of benzene rings is 1. The molecule has 2 aromatic heterocycles. The molecule has 9 nitrogen and oxygen atoms in total. The molecule has 0 saturated carbocycles. The number of carbonyl (C=O) groups is 1. The van der Waals surface area contributed by atoms with Crippen LogP contribution in [0.5, 0.6) is 0 Å². The number of nitrogens with zero attached hydrogens (tertiary/aromatic N) is 5. The maximum Gasteiger partial charge on any atom is 0.442 e. The average Bonchev–Trinajstić information content (AvgIpc) is 3.15. The van der Waals surface area contributed by atoms with Gasteiger partial charge >= 0.3 is 11.9 Å². The predicted molar refractivity (Wildman–Crippen MR) is 100 cm³/mol. The van der Waals surface area contributed by atoms with E-state index in [4.69, 9.17) is 11.6 Å². The summed E-state index contributed by atoms with van der Waals surface area (Å²) in [5.41, 5.74) is -2.32. The van der Waals surface area contributed by atoms with E-state index in [-0.39, 0.29) is 10.8 Å². The summed E-state index contributed by atoms with van der Waals surface area (Å²) < 4.78 is 41.1. The van der Waals surface area contributed by atoms with Crippen LogP contribution < -0.4 is 5.32 Å². The molecule has 3 aromatic rings. The van der Waals surface area contributed by atoms with Crippen molar-refractivity contribution in [2.75, 3.05) is 5.32 Å². The Labute approximate surface area is 172 Å². The summed E-state index contributed by atoms with van der Waals surface area (Å²) in [6.07, 6.45) is -3.55. The number of rotatable bonds is 6. The van der Waals surface area contributed by atoms with Crippen LogP contribution in [0, 0.1) is 17.0 Å². The lowest BCUT2D eigenvalue weighted by Gasteiger charge is -2.05. The number of aromatic nitrogens is 4. The second-order valence-electron chi connectivity index (χ2n) is 6.25. The van der Waals surface area contributed by atoms with Crippen molar-refractivity contribution in [1.29, 1.82) is 0 Å². The zero-order valence-corrected chi connectivity index (χ0v) is 16.1. The first kappa shape index (κ1) is 21.3. The van der Waals surface area contributed by atoms with Gasteiger partial charge in [-0.15, -0.1) is 0 Å². The molecule has 0 radical (unpaired) electrons. The molecule has 0 unspecified atom stereocenters. The SMILES string of the molecule is Cc1c([N+](=O)[O-])c(C(F)(F)F)nn1CC(=O)Nc1nn(Cc2ccccc2)cc1Cl. The Balaban J connectivity index is 1.76. The molecule has 3 rings (SSSR count). The molecule has 0 saturated heterocycles. The number of nitro groups is 1. The standard InChI is InChI=1S/C17H14ClF3N6O3/c1-10-14(27(29)30)15(17(19,20)21)23-26(10)9-13(28)22-16-12(18)8-25(24-16)7-11-5-3-2-4-6-11/h2-6,8H,7,9H2,1H3,(H,22,24,28). The van der Waals surface area contributed by atoms with E-state index >= 15 is 0 Å². The Kier molecular flexibility index (Phi) is 5.78. The molecule has 0 fully saturated rings. The van der Waals surface area contributed by atoms with E-state index < -0.39 is 40.6 Å². The molecule has 13 heteroatoms. The van der Waals surface area contributed by atoms with Crippen molar-refractivity contribution in [3.63, 3.8) is 0 Å². The van der Waals surface area contributed by atoms with E-state index in [2.05, 4.69) is 15.5 Å². The van der Waals surface area contributed by atoms with Crippen LogP contribution in [0.4, 0.5) is 24.7 Å². The van der Waals surface area contributed by atoms with Crippen molar-refractivity contribution >= 4 is 29.0 Å². The van der Waals surface area contributed by atoms with Crippen molar-refractivity contribution in [3.05, 3.63) is 68.6 Å². The van der Waals surface area contributed by atoms with Crippen molar-refractivity contribution in [1.82, 2.24) is 19.6 Å². The molecular formula is C17H14ClF3N6O3. The van der Waals surface area contributed by atoms with Gasteiger partial charge in [-0.1, -0.05) is 41.9 Å². The lowest BCUT2D eigenvalue weighted by molar-refractivity contribution is -0.388. The van der Waals surface area contributed by atoms with Crippen LogP contribution in [0.2, 0.25) is 5.02 Å². The first-order chi connectivity index (χ1) is 14.1. The van der Waals surface area contributed by atoms with Crippen LogP contribution in [0.15, 0.2) is 36.5 Å². The number of hydrogen-bond donors (Lipinski definition) is 1. The molecule has 0 aliphatic heterocycles. The Hall–Kier alpha value is -3.41. The van der Waals surface area contributed by atoms with Gasteiger partial charge in [-0.2, -0.15) is 23.4 Å². The molecule has 2 heterocycles. The Morgan fingerprint density at radius 1 is 1.27 bits per heavy atom. The number of anilines is 1. The number of nitrogens with one attached hydrogen (secondary N) is 1. The minimum Gasteiger partial charge on any atom is -0.306 e. The first-order valence-corrected chi connectivity index (χ1v) is 8.79. The van der Waals surface area contributed by atoms with E-state index in [9.17, 15) is 28.1 Å². The van der Waals surface area contributed by atoms with Gasteiger partial charge < -0.3 is 5.32 Å². The highest BCUT2D eigenvalue weighted by molar-refractivity contribution is 6.33. The van der Waals surface area contributed by atoms with Crippen LogP contribution in [-0.2, 0) is 24.1 Å². The van der Waals surface area contributed by atoms with Crippen LogP contribution in [-0.4, -0.2) is 30.4 Å². The van der Waals surface area contributed by atoms with Crippen molar-refractivity contribution in [3.8, 4) is 0 Å². The van der Waals surface area contributed by atoms with Gasteiger partial charge in [0.05, 0.1) is 11.5 Å². The summed E-state index contributed by atoms with van der Waals surface area (Å²) in [5.74, 6) is -0.788. The summed E-state index contributed by atoms with van der Waals surface area (Å²) in [6, 6.07) is 9.31. The Morgan fingerprint density at radius 2 is 1.93 bits per heavy atom. The second kappa shape index (κ2) is 8.14. The smallest absolute Gasteiger partial charge is 0.306 e. The van der Waals surface area contributed by atoms with Crippen molar-refractivity contribution in [2.45, 2.75) is 26.2 Å². The Bertz CT molecular complexity index is 1090. The highest BCUT2D eigenvalue weighted by Gasteiger charge is 2.44. The van der Waals surface area contributed by atoms with E-state index in [1.807, 2.05) is 30.3 Å². The van der Waals surface area contributed by atoms with Gasteiger partial charge in [0.15, 0.2) is 5.82 Å². The summed E-state index contributed by atoms with van der Waals surface area (Å²) in [7, 11) is 0. The molecule has 0 aliphatic rings. The van der Waals surface area contributed by atoms with E-state index in [0.29, 0.717) is 11.2 Å².